The summed E-state index contributed by atoms with van der Waals surface area (Å²) in [5.41, 5.74) is 2.90. The third-order valence-electron chi connectivity index (χ3n) is 2.54. The molecule has 80 valence electrons. The van der Waals surface area contributed by atoms with E-state index in [2.05, 4.69) is 24.8 Å². The number of aldehydes is 1. The van der Waals surface area contributed by atoms with Gasteiger partial charge in [0.15, 0.2) is 0 Å². The molecule has 2 rings (SSSR count). The van der Waals surface area contributed by atoms with Gasteiger partial charge in [0.1, 0.15) is 6.29 Å². The third-order valence-corrected chi connectivity index (χ3v) is 2.96. The normalized spacial score (nSPS) is 10.1. The molecule has 0 saturated heterocycles. The van der Waals surface area contributed by atoms with E-state index in [1.165, 1.54) is 5.56 Å². The van der Waals surface area contributed by atoms with Crippen LogP contribution in [0.2, 0.25) is 0 Å². The zero-order valence-electron chi connectivity index (χ0n) is 8.76. The number of rotatable bonds is 3. The van der Waals surface area contributed by atoms with E-state index in [1.54, 1.807) is 0 Å². The summed E-state index contributed by atoms with van der Waals surface area (Å²) in [6.07, 6.45) is 1.63. The Morgan fingerprint density at radius 1 is 1.00 bits per heavy atom. The topological polar surface area (TPSA) is 17.1 Å². The van der Waals surface area contributed by atoms with Gasteiger partial charge in [0.25, 0.3) is 0 Å². The lowest BCUT2D eigenvalue weighted by Crippen LogP contribution is -1.96. The quantitative estimate of drug-likeness (QED) is 0.629. The Kier molecular flexibility index (Phi) is 3.42. The highest BCUT2D eigenvalue weighted by atomic mass is 32.1. The van der Waals surface area contributed by atoms with Crippen molar-refractivity contribution in [2.24, 2.45) is 0 Å². The Morgan fingerprint density at radius 3 is 2.44 bits per heavy atom. The second-order valence-corrected chi connectivity index (χ2v) is 4.11. The van der Waals surface area contributed by atoms with Crippen molar-refractivity contribution in [1.82, 2.24) is 0 Å². The third kappa shape index (κ3) is 2.34. The van der Waals surface area contributed by atoms with E-state index in [0.29, 0.717) is 0 Å². The minimum atomic E-state index is 0.719. The molecular formula is C14H12OS. The highest BCUT2D eigenvalue weighted by Crippen LogP contribution is 2.20. The van der Waals surface area contributed by atoms with Gasteiger partial charge in [-0.15, -0.1) is 12.6 Å². The summed E-state index contributed by atoms with van der Waals surface area (Å²) in [7, 11) is 0. The predicted octanol–water partition coefficient (Wildman–Crippen LogP) is 3.38. The first-order valence-corrected chi connectivity index (χ1v) is 5.56. The van der Waals surface area contributed by atoms with Crippen LogP contribution in [0.5, 0.6) is 0 Å². The van der Waals surface area contributed by atoms with Gasteiger partial charge in [-0.2, -0.15) is 0 Å². The maximum Gasteiger partial charge on any atom is 0.150 e. The van der Waals surface area contributed by atoms with Crippen LogP contribution in [0.1, 0.15) is 21.5 Å². The molecular weight excluding hydrogens is 216 g/mol. The molecule has 2 heteroatoms. The van der Waals surface area contributed by atoms with Crippen LogP contribution in [-0.4, -0.2) is 6.29 Å². The Balaban J connectivity index is 2.38. The van der Waals surface area contributed by atoms with E-state index in [9.17, 15) is 4.79 Å². The first kappa shape index (κ1) is 11.0. The zero-order chi connectivity index (χ0) is 11.4. The van der Waals surface area contributed by atoms with Crippen molar-refractivity contribution in [3.63, 3.8) is 0 Å². The fraction of sp³-hybridized carbons (Fsp3) is 0.0714. The van der Waals surface area contributed by atoms with Gasteiger partial charge < -0.3 is 0 Å². The molecule has 0 atom stereocenters. The van der Waals surface area contributed by atoms with Gasteiger partial charge >= 0.3 is 0 Å². The van der Waals surface area contributed by atoms with Gasteiger partial charge in [-0.05, 0) is 23.6 Å². The number of carbonyl (C=O) groups excluding carboxylic acids is 1. The van der Waals surface area contributed by atoms with Gasteiger partial charge in [-0.1, -0.05) is 42.5 Å². The van der Waals surface area contributed by atoms with Crippen LogP contribution in [0.4, 0.5) is 0 Å². The van der Waals surface area contributed by atoms with Crippen LogP contribution >= 0.6 is 12.6 Å². The number of benzene rings is 2. The van der Waals surface area contributed by atoms with E-state index >= 15 is 0 Å². The Morgan fingerprint density at radius 2 is 1.75 bits per heavy atom. The van der Waals surface area contributed by atoms with Crippen molar-refractivity contribution in [3.05, 3.63) is 65.2 Å². The fourth-order valence-corrected chi connectivity index (χ4v) is 1.99. The van der Waals surface area contributed by atoms with E-state index in [-0.39, 0.29) is 0 Å². The van der Waals surface area contributed by atoms with Gasteiger partial charge in [-0.25, -0.2) is 0 Å². The van der Waals surface area contributed by atoms with Crippen molar-refractivity contribution in [2.45, 2.75) is 11.3 Å². The van der Waals surface area contributed by atoms with Gasteiger partial charge in [0.05, 0.1) is 0 Å². The molecule has 0 fully saturated rings. The summed E-state index contributed by atoms with van der Waals surface area (Å²) < 4.78 is 0. The molecule has 0 N–H and O–H groups in total. The maximum atomic E-state index is 10.9. The SMILES string of the molecule is O=Cc1cccc(S)c1Cc1ccccc1. The van der Waals surface area contributed by atoms with Crippen LogP contribution in [-0.2, 0) is 6.42 Å². The predicted molar refractivity (Wildman–Crippen MR) is 68.3 cm³/mol. The summed E-state index contributed by atoms with van der Waals surface area (Å²) in [6, 6.07) is 15.7. The number of thiol groups is 1. The number of hydrogen-bond donors (Lipinski definition) is 1. The zero-order valence-corrected chi connectivity index (χ0v) is 9.65. The Hall–Kier alpha value is -1.54. The molecule has 2 aromatic rings. The molecule has 0 radical (unpaired) electrons. The molecule has 0 saturated carbocycles. The van der Waals surface area contributed by atoms with Crippen LogP contribution in [0.3, 0.4) is 0 Å². The lowest BCUT2D eigenvalue weighted by atomic mass is 10.0. The summed E-state index contributed by atoms with van der Waals surface area (Å²) in [5.74, 6) is 0. The summed E-state index contributed by atoms with van der Waals surface area (Å²) in [5, 5.41) is 0. The standard InChI is InChI=1S/C14H12OS/c15-10-12-7-4-8-14(16)13(12)9-11-5-2-1-3-6-11/h1-8,10,16H,9H2. The highest BCUT2D eigenvalue weighted by Gasteiger charge is 2.05. The molecule has 1 nitrogen and oxygen atoms in total. The second-order valence-electron chi connectivity index (χ2n) is 3.63. The number of hydrogen-bond acceptors (Lipinski definition) is 2. The van der Waals surface area contributed by atoms with E-state index in [0.717, 1.165) is 28.7 Å². The molecule has 0 heterocycles. The Bertz CT molecular complexity index is 491. The number of carbonyl (C=O) groups is 1. The maximum absolute atomic E-state index is 10.9. The molecule has 0 aromatic heterocycles. The summed E-state index contributed by atoms with van der Waals surface area (Å²) in [6.45, 7) is 0. The molecule has 2 aromatic carbocycles. The van der Waals surface area contributed by atoms with E-state index < -0.39 is 0 Å². The summed E-state index contributed by atoms with van der Waals surface area (Å²) in [4.78, 5) is 11.8. The van der Waals surface area contributed by atoms with E-state index in [1.807, 2.05) is 36.4 Å². The molecule has 0 unspecified atom stereocenters. The van der Waals surface area contributed by atoms with Crippen molar-refractivity contribution in [1.29, 1.82) is 0 Å². The van der Waals surface area contributed by atoms with Crippen molar-refractivity contribution >= 4 is 18.9 Å². The molecule has 0 bridgehead atoms. The molecule has 0 aliphatic heterocycles. The van der Waals surface area contributed by atoms with Crippen LogP contribution < -0.4 is 0 Å². The van der Waals surface area contributed by atoms with Crippen LogP contribution in [0, 0.1) is 0 Å². The summed E-state index contributed by atoms with van der Waals surface area (Å²) >= 11 is 4.39. The minimum absolute atomic E-state index is 0.719. The van der Waals surface area contributed by atoms with Crippen molar-refractivity contribution in [2.75, 3.05) is 0 Å². The first-order chi connectivity index (χ1) is 7.81. The molecule has 0 aliphatic carbocycles. The monoisotopic (exact) mass is 228 g/mol. The second kappa shape index (κ2) is 4.99. The smallest absolute Gasteiger partial charge is 0.150 e. The Labute approximate surface area is 101 Å². The molecule has 0 aliphatic rings. The van der Waals surface area contributed by atoms with Crippen LogP contribution in [0.25, 0.3) is 0 Å². The molecule has 0 spiro atoms. The minimum Gasteiger partial charge on any atom is -0.298 e. The van der Waals surface area contributed by atoms with Crippen molar-refractivity contribution in [3.8, 4) is 0 Å². The van der Waals surface area contributed by atoms with Gasteiger partial charge in [0, 0.05) is 10.5 Å². The first-order valence-electron chi connectivity index (χ1n) is 5.11. The molecule has 16 heavy (non-hydrogen) atoms. The van der Waals surface area contributed by atoms with Gasteiger partial charge in [-0.3, -0.25) is 4.79 Å². The lowest BCUT2D eigenvalue weighted by molar-refractivity contribution is 0.112. The average Bonchev–Trinajstić information content (AvgIpc) is 2.33. The van der Waals surface area contributed by atoms with E-state index in [4.69, 9.17) is 0 Å². The van der Waals surface area contributed by atoms with Crippen LogP contribution in [0.15, 0.2) is 53.4 Å². The average molecular weight is 228 g/mol. The van der Waals surface area contributed by atoms with Gasteiger partial charge in [0.2, 0.25) is 0 Å². The fourth-order valence-electron chi connectivity index (χ4n) is 1.70. The largest absolute Gasteiger partial charge is 0.298 e. The molecule has 0 amide bonds. The highest BCUT2D eigenvalue weighted by molar-refractivity contribution is 7.80. The lowest BCUT2D eigenvalue weighted by Gasteiger charge is -2.07. The van der Waals surface area contributed by atoms with Crippen molar-refractivity contribution < 1.29 is 4.79 Å².